The first-order valence-electron chi connectivity index (χ1n) is 10.9. The van der Waals surface area contributed by atoms with E-state index in [9.17, 15) is 13.2 Å². The Morgan fingerprint density at radius 2 is 1.82 bits per heavy atom. The smallest absolute Gasteiger partial charge is 0.335 e. The summed E-state index contributed by atoms with van der Waals surface area (Å²) in [5.41, 5.74) is 3.31. The molecule has 34 heavy (non-hydrogen) atoms. The number of carbonyl (C=O) groups is 1. The van der Waals surface area contributed by atoms with Crippen LogP contribution in [0.2, 0.25) is 0 Å². The first kappa shape index (κ1) is 22.0. The van der Waals surface area contributed by atoms with Gasteiger partial charge in [-0.15, -0.1) is 0 Å². The molecule has 3 aromatic carbocycles. The van der Waals surface area contributed by atoms with Crippen LogP contribution in [0.3, 0.4) is 0 Å². The van der Waals surface area contributed by atoms with Crippen LogP contribution in [0.1, 0.15) is 39.9 Å². The summed E-state index contributed by atoms with van der Waals surface area (Å²) in [6.07, 6.45) is 5.18. The number of sulfonamides is 1. The lowest BCUT2D eigenvalue weighted by Gasteiger charge is -2.38. The molecule has 3 atom stereocenters. The van der Waals surface area contributed by atoms with Gasteiger partial charge >= 0.3 is 5.97 Å². The Morgan fingerprint density at radius 1 is 1.06 bits per heavy atom. The predicted octanol–water partition coefficient (Wildman–Crippen LogP) is 5.02. The largest absolute Gasteiger partial charge is 0.496 e. The van der Waals surface area contributed by atoms with Crippen molar-refractivity contribution in [2.75, 3.05) is 17.1 Å². The van der Waals surface area contributed by atoms with E-state index >= 15 is 0 Å². The van der Waals surface area contributed by atoms with Gasteiger partial charge in [0.25, 0.3) is 10.0 Å². The van der Waals surface area contributed by atoms with Crippen molar-refractivity contribution in [2.45, 2.75) is 23.3 Å². The van der Waals surface area contributed by atoms with Crippen molar-refractivity contribution in [3.05, 3.63) is 95.6 Å². The molecule has 0 saturated heterocycles. The predicted molar refractivity (Wildman–Crippen MR) is 130 cm³/mol. The second kappa shape index (κ2) is 8.53. The van der Waals surface area contributed by atoms with E-state index in [1.54, 1.807) is 19.2 Å². The van der Waals surface area contributed by atoms with Crippen molar-refractivity contribution in [3.63, 3.8) is 0 Å². The molecule has 0 unspecified atom stereocenters. The normalized spacial score (nSPS) is 20.7. The third-order valence-corrected chi connectivity index (χ3v) is 7.88. The van der Waals surface area contributed by atoms with E-state index in [2.05, 4.69) is 28.3 Å². The molecule has 0 bridgehead atoms. The number of nitrogens with one attached hydrogen (secondary N) is 2. The number of rotatable bonds is 6. The summed E-state index contributed by atoms with van der Waals surface area (Å²) in [5.74, 6) is 0.0723. The number of allylic oxidation sites excluding steroid dienone is 2. The molecule has 3 N–H and O–H groups in total. The Balaban J connectivity index is 1.46. The van der Waals surface area contributed by atoms with Crippen molar-refractivity contribution >= 4 is 27.4 Å². The van der Waals surface area contributed by atoms with Crippen LogP contribution in [0, 0.1) is 5.92 Å². The molecule has 0 spiro atoms. The zero-order chi connectivity index (χ0) is 23.9. The summed E-state index contributed by atoms with van der Waals surface area (Å²) in [7, 11) is -2.19. The van der Waals surface area contributed by atoms with E-state index in [0.29, 0.717) is 5.69 Å². The van der Waals surface area contributed by atoms with Crippen LogP contribution in [-0.4, -0.2) is 26.6 Å². The monoisotopic (exact) mass is 476 g/mol. The number of anilines is 2. The third kappa shape index (κ3) is 3.90. The lowest BCUT2D eigenvalue weighted by Crippen LogP contribution is -2.29. The Hall–Kier alpha value is -3.78. The van der Waals surface area contributed by atoms with Gasteiger partial charge in [-0.2, -0.15) is 0 Å². The summed E-state index contributed by atoms with van der Waals surface area (Å²) in [6.45, 7) is 0. The maximum Gasteiger partial charge on any atom is 0.335 e. The molecular weight excluding hydrogens is 452 g/mol. The molecule has 7 nitrogen and oxygen atoms in total. The maximum atomic E-state index is 13.1. The van der Waals surface area contributed by atoms with Crippen molar-refractivity contribution in [1.29, 1.82) is 0 Å². The lowest BCUT2D eigenvalue weighted by atomic mass is 9.77. The average Bonchev–Trinajstić information content (AvgIpc) is 3.34. The molecule has 3 aromatic rings. The van der Waals surface area contributed by atoms with Crippen LogP contribution in [0.5, 0.6) is 5.75 Å². The Bertz CT molecular complexity index is 1380. The minimum atomic E-state index is -3.85. The number of carboxylic acids is 1. The first-order valence-corrected chi connectivity index (χ1v) is 12.4. The number of benzene rings is 3. The first-order chi connectivity index (χ1) is 16.4. The van der Waals surface area contributed by atoms with Gasteiger partial charge in [-0.3, -0.25) is 4.72 Å². The summed E-state index contributed by atoms with van der Waals surface area (Å²) in [4.78, 5) is 11.2. The van der Waals surface area contributed by atoms with Crippen LogP contribution < -0.4 is 14.8 Å². The fraction of sp³-hybridized carbons (Fsp3) is 0.192. The SMILES string of the molecule is COc1ccccc1[C@H]1Nc2ccc(S(=O)(=O)Nc3ccc(C(=O)O)cc3)cc2[C@H]2C=CC[C@H]21. The quantitative estimate of drug-likeness (QED) is 0.432. The van der Waals surface area contributed by atoms with Gasteiger partial charge in [0.05, 0.1) is 23.6 Å². The number of ether oxygens (including phenoxy) is 1. The van der Waals surface area contributed by atoms with Crippen LogP contribution in [-0.2, 0) is 10.0 Å². The molecule has 0 radical (unpaired) electrons. The number of methoxy groups -OCH3 is 1. The van der Waals surface area contributed by atoms with Gasteiger partial charge in [-0.05, 0) is 66.4 Å². The number of aromatic carboxylic acids is 1. The number of fused-ring (bicyclic) bond motifs is 3. The second-order valence-corrected chi connectivity index (χ2v) is 10.1. The van der Waals surface area contributed by atoms with Crippen LogP contribution in [0.4, 0.5) is 11.4 Å². The van der Waals surface area contributed by atoms with E-state index in [4.69, 9.17) is 9.84 Å². The molecule has 8 heteroatoms. The second-order valence-electron chi connectivity index (χ2n) is 8.45. The highest BCUT2D eigenvalue weighted by Gasteiger charge is 2.39. The molecule has 1 aliphatic carbocycles. The Labute approximate surface area is 198 Å². The zero-order valence-electron chi connectivity index (χ0n) is 18.4. The molecule has 0 aromatic heterocycles. The third-order valence-electron chi connectivity index (χ3n) is 6.50. The maximum absolute atomic E-state index is 13.1. The minimum absolute atomic E-state index is 0.0389. The molecule has 0 saturated carbocycles. The number of hydrogen-bond donors (Lipinski definition) is 3. The fourth-order valence-corrected chi connectivity index (χ4v) is 5.96. The molecule has 1 aliphatic heterocycles. The van der Waals surface area contributed by atoms with Gasteiger partial charge in [0.2, 0.25) is 0 Å². The minimum Gasteiger partial charge on any atom is -0.496 e. The van der Waals surface area contributed by atoms with E-state index in [1.165, 1.54) is 24.3 Å². The molecule has 1 heterocycles. The zero-order valence-corrected chi connectivity index (χ0v) is 19.2. The average molecular weight is 477 g/mol. The van der Waals surface area contributed by atoms with E-state index in [-0.39, 0.29) is 28.3 Å². The van der Waals surface area contributed by atoms with Gasteiger partial charge in [0.15, 0.2) is 0 Å². The summed E-state index contributed by atoms with van der Waals surface area (Å²) >= 11 is 0. The topological polar surface area (TPSA) is 105 Å². The number of para-hydroxylation sites is 1. The standard InChI is InChI=1S/C26H24N2O5S/c1-33-24-8-3-2-5-21(24)25-20-7-4-6-19(20)22-15-18(13-14-23(22)27-25)34(31,32)28-17-11-9-16(10-12-17)26(29)30/h2-6,8-15,19-20,25,27-28H,7H2,1H3,(H,29,30)/t19-,20+,25-/m0/s1. The molecule has 2 aliphatic rings. The summed E-state index contributed by atoms with van der Waals surface area (Å²) in [5, 5.41) is 12.7. The van der Waals surface area contributed by atoms with Crippen LogP contribution >= 0.6 is 0 Å². The lowest BCUT2D eigenvalue weighted by molar-refractivity contribution is 0.0697. The fourth-order valence-electron chi connectivity index (χ4n) is 4.87. The van der Waals surface area contributed by atoms with E-state index < -0.39 is 16.0 Å². The molecule has 5 rings (SSSR count). The van der Waals surface area contributed by atoms with Crippen LogP contribution in [0.25, 0.3) is 0 Å². The van der Waals surface area contributed by atoms with Crippen molar-refractivity contribution in [1.82, 2.24) is 0 Å². The molecule has 174 valence electrons. The number of hydrogen-bond acceptors (Lipinski definition) is 5. The van der Waals surface area contributed by atoms with Gasteiger partial charge in [-0.25, -0.2) is 13.2 Å². The van der Waals surface area contributed by atoms with Crippen molar-refractivity contribution in [3.8, 4) is 5.75 Å². The van der Waals surface area contributed by atoms with E-state index in [0.717, 1.165) is 29.0 Å². The van der Waals surface area contributed by atoms with Gasteiger partial charge in [0, 0.05) is 22.9 Å². The highest BCUT2D eigenvalue weighted by atomic mass is 32.2. The Kier molecular flexibility index (Phi) is 5.53. The highest BCUT2D eigenvalue weighted by Crippen LogP contribution is 2.51. The molecular formula is C26H24N2O5S. The van der Waals surface area contributed by atoms with Crippen LogP contribution in [0.15, 0.2) is 83.8 Å². The van der Waals surface area contributed by atoms with Crippen molar-refractivity contribution in [2.24, 2.45) is 5.92 Å². The van der Waals surface area contributed by atoms with Gasteiger partial charge in [0.1, 0.15) is 5.75 Å². The summed E-state index contributed by atoms with van der Waals surface area (Å²) < 4.78 is 34.3. The molecule has 0 fully saturated rings. The van der Waals surface area contributed by atoms with Gasteiger partial charge in [-0.1, -0.05) is 30.4 Å². The summed E-state index contributed by atoms with van der Waals surface area (Å²) in [6, 6.07) is 18.7. The van der Waals surface area contributed by atoms with E-state index in [1.807, 2.05) is 24.3 Å². The number of carboxylic acid groups (broad SMARTS) is 1. The van der Waals surface area contributed by atoms with Crippen molar-refractivity contribution < 1.29 is 23.1 Å². The molecule has 0 amide bonds. The Morgan fingerprint density at radius 3 is 2.56 bits per heavy atom. The van der Waals surface area contributed by atoms with Gasteiger partial charge < -0.3 is 15.2 Å². The highest BCUT2D eigenvalue weighted by molar-refractivity contribution is 7.92.